The van der Waals surface area contributed by atoms with Crippen molar-refractivity contribution in [3.63, 3.8) is 0 Å². The van der Waals surface area contributed by atoms with Crippen LogP contribution in [0.2, 0.25) is 5.02 Å². The van der Waals surface area contributed by atoms with Crippen molar-refractivity contribution in [2.45, 2.75) is 17.4 Å². The molecule has 0 heterocycles. The summed E-state index contributed by atoms with van der Waals surface area (Å²) in [5.74, 6) is 1.71. The van der Waals surface area contributed by atoms with Gasteiger partial charge < -0.3 is 10.5 Å². The molecule has 0 aliphatic rings. The molecule has 0 radical (unpaired) electrons. The highest BCUT2D eigenvalue weighted by Crippen LogP contribution is 2.26. The van der Waals surface area contributed by atoms with Crippen LogP contribution in [-0.4, -0.2) is 18.9 Å². The van der Waals surface area contributed by atoms with Crippen LogP contribution in [0.4, 0.5) is 0 Å². The summed E-state index contributed by atoms with van der Waals surface area (Å²) in [6.07, 6.45) is 0.774. The third-order valence-electron chi connectivity index (χ3n) is 2.98. The highest BCUT2D eigenvalue weighted by molar-refractivity contribution is 9.10. The first-order valence-electron chi connectivity index (χ1n) is 6.55. The van der Waals surface area contributed by atoms with Gasteiger partial charge in [-0.15, -0.1) is 11.8 Å². The Morgan fingerprint density at radius 3 is 2.81 bits per heavy atom. The molecule has 0 saturated heterocycles. The van der Waals surface area contributed by atoms with E-state index in [9.17, 15) is 0 Å². The number of halogens is 2. The summed E-state index contributed by atoms with van der Waals surface area (Å²) in [7, 11) is 1.68. The second kappa shape index (κ2) is 8.08. The van der Waals surface area contributed by atoms with Gasteiger partial charge in [0, 0.05) is 26.2 Å². The number of nitrogens with two attached hydrogens (primary N) is 1. The molecular formula is C16H17BrClNOS. The summed E-state index contributed by atoms with van der Waals surface area (Å²) in [6, 6.07) is 13.9. The molecule has 0 aliphatic heterocycles. The normalized spacial score (nSPS) is 12.2. The summed E-state index contributed by atoms with van der Waals surface area (Å²) in [4.78, 5) is 1.14. The number of benzene rings is 2. The first kappa shape index (κ1) is 16.7. The van der Waals surface area contributed by atoms with E-state index in [1.54, 1.807) is 18.9 Å². The van der Waals surface area contributed by atoms with Crippen molar-refractivity contribution < 1.29 is 4.74 Å². The monoisotopic (exact) mass is 385 g/mol. The number of hydrogen-bond donors (Lipinski definition) is 1. The van der Waals surface area contributed by atoms with Crippen molar-refractivity contribution in [1.82, 2.24) is 0 Å². The van der Waals surface area contributed by atoms with Crippen LogP contribution in [-0.2, 0) is 6.42 Å². The van der Waals surface area contributed by atoms with Crippen LogP contribution in [0, 0.1) is 0 Å². The Hall–Kier alpha value is -0.680. The predicted octanol–water partition coefficient (Wildman–Crippen LogP) is 4.77. The van der Waals surface area contributed by atoms with Crippen LogP contribution < -0.4 is 10.5 Å². The van der Waals surface area contributed by atoms with Gasteiger partial charge in [0.25, 0.3) is 0 Å². The van der Waals surface area contributed by atoms with E-state index in [2.05, 4.69) is 22.0 Å². The Morgan fingerprint density at radius 1 is 1.29 bits per heavy atom. The molecule has 2 aromatic rings. The zero-order valence-electron chi connectivity index (χ0n) is 11.7. The topological polar surface area (TPSA) is 35.2 Å². The number of rotatable bonds is 6. The van der Waals surface area contributed by atoms with Crippen molar-refractivity contribution in [3.8, 4) is 5.75 Å². The van der Waals surface area contributed by atoms with E-state index < -0.39 is 0 Å². The van der Waals surface area contributed by atoms with Crippen LogP contribution >= 0.6 is 39.3 Å². The standard InChI is InChI=1S/C16H17BrClNOS/c1-20-16-6-5-12(17)7-11(16)8-14(19)10-21-15-4-2-3-13(18)9-15/h2-7,9,14H,8,10,19H2,1H3. The summed E-state index contributed by atoms with van der Waals surface area (Å²) >= 11 is 11.2. The largest absolute Gasteiger partial charge is 0.496 e. The lowest BCUT2D eigenvalue weighted by molar-refractivity contribution is 0.408. The number of thioether (sulfide) groups is 1. The van der Waals surface area contributed by atoms with Crippen LogP contribution in [0.15, 0.2) is 51.8 Å². The molecule has 0 fully saturated rings. The molecule has 0 aliphatic carbocycles. The van der Waals surface area contributed by atoms with E-state index in [0.29, 0.717) is 0 Å². The van der Waals surface area contributed by atoms with Crippen LogP contribution in [0.25, 0.3) is 0 Å². The molecule has 2 N–H and O–H groups in total. The number of methoxy groups -OCH3 is 1. The van der Waals surface area contributed by atoms with Gasteiger partial charge in [0.2, 0.25) is 0 Å². The predicted molar refractivity (Wildman–Crippen MR) is 94.5 cm³/mol. The van der Waals surface area contributed by atoms with Crippen LogP contribution in [0.3, 0.4) is 0 Å². The zero-order valence-corrected chi connectivity index (χ0v) is 14.8. The molecule has 1 atom stereocenters. The van der Waals surface area contributed by atoms with Crippen molar-refractivity contribution in [2.24, 2.45) is 5.73 Å². The molecule has 112 valence electrons. The average molecular weight is 387 g/mol. The molecule has 21 heavy (non-hydrogen) atoms. The molecule has 0 saturated carbocycles. The Morgan fingerprint density at radius 2 is 2.10 bits per heavy atom. The van der Waals surface area contributed by atoms with E-state index >= 15 is 0 Å². The lowest BCUT2D eigenvalue weighted by atomic mass is 10.1. The minimum absolute atomic E-state index is 0.0529. The molecular weight excluding hydrogens is 370 g/mol. The Kier molecular flexibility index (Phi) is 6.42. The maximum Gasteiger partial charge on any atom is 0.122 e. The molecule has 2 nitrogen and oxygen atoms in total. The average Bonchev–Trinajstić information content (AvgIpc) is 2.45. The molecule has 0 spiro atoms. The lowest BCUT2D eigenvalue weighted by Crippen LogP contribution is -2.25. The number of ether oxygens (including phenoxy) is 1. The highest BCUT2D eigenvalue weighted by Gasteiger charge is 2.10. The van der Waals surface area contributed by atoms with E-state index in [1.807, 2.05) is 36.4 Å². The highest BCUT2D eigenvalue weighted by atomic mass is 79.9. The molecule has 2 rings (SSSR count). The fraction of sp³-hybridized carbons (Fsp3) is 0.250. The van der Waals surface area contributed by atoms with Gasteiger partial charge in [-0.05, 0) is 48.4 Å². The molecule has 0 amide bonds. The lowest BCUT2D eigenvalue weighted by Gasteiger charge is -2.14. The third kappa shape index (κ3) is 5.22. The van der Waals surface area contributed by atoms with Gasteiger partial charge in [0.1, 0.15) is 5.75 Å². The zero-order chi connectivity index (χ0) is 15.2. The van der Waals surface area contributed by atoms with Crippen molar-refractivity contribution in [3.05, 3.63) is 57.5 Å². The van der Waals surface area contributed by atoms with E-state index in [-0.39, 0.29) is 6.04 Å². The minimum Gasteiger partial charge on any atom is -0.496 e. The van der Waals surface area contributed by atoms with E-state index in [0.717, 1.165) is 37.9 Å². The third-order valence-corrected chi connectivity index (χ3v) is 4.90. The van der Waals surface area contributed by atoms with Crippen molar-refractivity contribution >= 4 is 39.3 Å². The van der Waals surface area contributed by atoms with Gasteiger partial charge in [0.15, 0.2) is 0 Å². The van der Waals surface area contributed by atoms with Crippen molar-refractivity contribution in [2.75, 3.05) is 12.9 Å². The Balaban J connectivity index is 1.95. The first-order valence-corrected chi connectivity index (χ1v) is 8.70. The summed E-state index contributed by atoms with van der Waals surface area (Å²) in [6.45, 7) is 0. The van der Waals surface area contributed by atoms with Gasteiger partial charge in [-0.3, -0.25) is 0 Å². The quantitative estimate of drug-likeness (QED) is 0.726. The van der Waals surface area contributed by atoms with E-state index in [4.69, 9.17) is 22.1 Å². The van der Waals surface area contributed by atoms with E-state index in [1.165, 1.54) is 0 Å². The van der Waals surface area contributed by atoms with Crippen LogP contribution in [0.1, 0.15) is 5.56 Å². The van der Waals surface area contributed by atoms with Gasteiger partial charge in [0.05, 0.1) is 7.11 Å². The molecule has 5 heteroatoms. The van der Waals surface area contributed by atoms with Crippen LogP contribution in [0.5, 0.6) is 5.75 Å². The molecule has 1 unspecified atom stereocenters. The second-order valence-corrected chi connectivity index (χ2v) is 7.13. The maximum atomic E-state index is 6.24. The van der Waals surface area contributed by atoms with Crippen molar-refractivity contribution in [1.29, 1.82) is 0 Å². The molecule has 0 bridgehead atoms. The maximum absolute atomic E-state index is 6.24. The SMILES string of the molecule is COc1ccc(Br)cc1CC(N)CSc1cccc(Cl)c1. The summed E-state index contributed by atoms with van der Waals surface area (Å²) in [5, 5.41) is 0.752. The fourth-order valence-electron chi connectivity index (χ4n) is 2.01. The second-order valence-electron chi connectivity index (χ2n) is 4.69. The first-order chi connectivity index (χ1) is 10.1. The summed E-state index contributed by atoms with van der Waals surface area (Å²) < 4.78 is 6.41. The van der Waals surface area contributed by atoms with Gasteiger partial charge >= 0.3 is 0 Å². The number of hydrogen-bond acceptors (Lipinski definition) is 3. The Labute approximate surface area is 143 Å². The van der Waals surface area contributed by atoms with Gasteiger partial charge in [-0.1, -0.05) is 33.6 Å². The summed E-state index contributed by atoms with van der Waals surface area (Å²) in [5.41, 5.74) is 7.36. The Bertz CT molecular complexity index is 609. The molecule has 0 aromatic heterocycles. The van der Waals surface area contributed by atoms with Gasteiger partial charge in [-0.25, -0.2) is 0 Å². The minimum atomic E-state index is 0.0529. The van der Waals surface area contributed by atoms with Gasteiger partial charge in [-0.2, -0.15) is 0 Å². The smallest absolute Gasteiger partial charge is 0.122 e. The molecule has 2 aromatic carbocycles. The fourth-order valence-corrected chi connectivity index (χ4v) is 3.58.